The van der Waals surface area contributed by atoms with E-state index in [1.807, 2.05) is 37.3 Å². The SMILES string of the molecule is CN(C)c1nn(-c2ccc(C(C)(C)C)cn2)cc1C#N. The van der Waals surface area contributed by atoms with E-state index in [-0.39, 0.29) is 5.41 Å². The maximum Gasteiger partial charge on any atom is 0.168 e. The molecule has 0 radical (unpaired) electrons. The Balaban J connectivity index is 2.40. The van der Waals surface area contributed by atoms with Crippen LogP contribution < -0.4 is 4.90 Å². The van der Waals surface area contributed by atoms with Crippen molar-refractivity contribution in [3.8, 4) is 11.9 Å². The van der Waals surface area contributed by atoms with E-state index in [2.05, 4.69) is 36.9 Å². The first-order valence-corrected chi connectivity index (χ1v) is 6.47. The molecular formula is C15H19N5. The van der Waals surface area contributed by atoms with Crippen molar-refractivity contribution in [3.05, 3.63) is 35.7 Å². The molecule has 0 N–H and O–H groups in total. The van der Waals surface area contributed by atoms with Crippen molar-refractivity contribution in [2.24, 2.45) is 0 Å². The van der Waals surface area contributed by atoms with Crippen LogP contribution in [-0.2, 0) is 5.41 Å². The Labute approximate surface area is 119 Å². The van der Waals surface area contributed by atoms with Gasteiger partial charge < -0.3 is 4.90 Å². The van der Waals surface area contributed by atoms with Crippen molar-refractivity contribution in [1.82, 2.24) is 14.8 Å². The second kappa shape index (κ2) is 4.97. The summed E-state index contributed by atoms with van der Waals surface area (Å²) >= 11 is 0. The van der Waals surface area contributed by atoms with Gasteiger partial charge in [-0.25, -0.2) is 9.67 Å². The molecule has 104 valence electrons. The lowest BCUT2D eigenvalue weighted by Crippen LogP contribution is -2.12. The molecule has 0 saturated heterocycles. The van der Waals surface area contributed by atoms with Crippen LogP contribution in [0.3, 0.4) is 0 Å². The molecule has 2 aromatic rings. The summed E-state index contributed by atoms with van der Waals surface area (Å²) in [5.74, 6) is 1.36. The van der Waals surface area contributed by atoms with Crippen molar-refractivity contribution in [3.63, 3.8) is 0 Å². The zero-order valence-electron chi connectivity index (χ0n) is 12.5. The summed E-state index contributed by atoms with van der Waals surface area (Å²) in [4.78, 5) is 6.25. The van der Waals surface area contributed by atoms with Crippen LogP contribution in [0.2, 0.25) is 0 Å². The molecular weight excluding hydrogens is 250 g/mol. The van der Waals surface area contributed by atoms with E-state index in [4.69, 9.17) is 5.26 Å². The highest BCUT2D eigenvalue weighted by molar-refractivity contribution is 5.53. The van der Waals surface area contributed by atoms with Gasteiger partial charge in [-0.3, -0.25) is 0 Å². The average molecular weight is 269 g/mol. The van der Waals surface area contributed by atoms with Crippen molar-refractivity contribution in [2.45, 2.75) is 26.2 Å². The number of rotatable bonds is 2. The van der Waals surface area contributed by atoms with Gasteiger partial charge in [0, 0.05) is 20.3 Å². The zero-order chi connectivity index (χ0) is 14.9. The van der Waals surface area contributed by atoms with E-state index in [1.54, 1.807) is 10.9 Å². The smallest absolute Gasteiger partial charge is 0.168 e. The maximum absolute atomic E-state index is 9.13. The fourth-order valence-corrected chi connectivity index (χ4v) is 1.86. The van der Waals surface area contributed by atoms with Crippen molar-refractivity contribution in [2.75, 3.05) is 19.0 Å². The Bertz CT molecular complexity index is 638. The molecule has 2 heterocycles. The minimum absolute atomic E-state index is 0.0717. The summed E-state index contributed by atoms with van der Waals surface area (Å²) in [6.45, 7) is 6.45. The Morgan fingerprint density at radius 3 is 2.35 bits per heavy atom. The molecule has 0 aliphatic carbocycles. The van der Waals surface area contributed by atoms with Crippen LogP contribution in [0.15, 0.2) is 24.5 Å². The van der Waals surface area contributed by atoms with E-state index >= 15 is 0 Å². The van der Waals surface area contributed by atoms with Gasteiger partial charge in [-0.2, -0.15) is 5.26 Å². The maximum atomic E-state index is 9.13. The zero-order valence-corrected chi connectivity index (χ0v) is 12.5. The molecule has 0 amide bonds. The fraction of sp³-hybridized carbons (Fsp3) is 0.400. The first-order chi connectivity index (χ1) is 9.32. The van der Waals surface area contributed by atoms with E-state index in [0.29, 0.717) is 17.2 Å². The third kappa shape index (κ3) is 2.64. The summed E-state index contributed by atoms with van der Waals surface area (Å²) in [7, 11) is 3.73. The molecule has 2 aromatic heterocycles. The van der Waals surface area contributed by atoms with Crippen LogP contribution in [0, 0.1) is 11.3 Å². The minimum atomic E-state index is 0.0717. The van der Waals surface area contributed by atoms with Gasteiger partial charge in [0.2, 0.25) is 0 Å². The Kier molecular flexibility index (Phi) is 3.49. The number of hydrogen-bond donors (Lipinski definition) is 0. The average Bonchev–Trinajstić information content (AvgIpc) is 2.82. The van der Waals surface area contributed by atoms with E-state index in [0.717, 1.165) is 0 Å². The van der Waals surface area contributed by atoms with Crippen LogP contribution in [0.5, 0.6) is 0 Å². The Hall–Kier alpha value is -2.35. The summed E-state index contributed by atoms with van der Waals surface area (Å²) in [5, 5.41) is 13.5. The molecule has 0 atom stereocenters. The van der Waals surface area contributed by atoms with Gasteiger partial charge in [0.05, 0.1) is 6.20 Å². The van der Waals surface area contributed by atoms with Crippen molar-refractivity contribution >= 4 is 5.82 Å². The van der Waals surface area contributed by atoms with Gasteiger partial charge in [-0.15, -0.1) is 5.10 Å². The second-order valence-corrected chi connectivity index (χ2v) is 5.97. The predicted molar refractivity (Wildman–Crippen MR) is 79.1 cm³/mol. The van der Waals surface area contributed by atoms with Gasteiger partial charge >= 0.3 is 0 Å². The number of anilines is 1. The topological polar surface area (TPSA) is 57.7 Å². The lowest BCUT2D eigenvalue weighted by atomic mass is 9.88. The third-order valence-electron chi connectivity index (χ3n) is 3.09. The number of pyridine rings is 1. The summed E-state index contributed by atoms with van der Waals surface area (Å²) in [6.07, 6.45) is 3.56. The van der Waals surface area contributed by atoms with Crippen LogP contribution >= 0.6 is 0 Å². The molecule has 0 aliphatic rings. The molecule has 5 nitrogen and oxygen atoms in total. The van der Waals surface area contributed by atoms with Crippen LogP contribution in [0.4, 0.5) is 5.82 Å². The molecule has 20 heavy (non-hydrogen) atoms. The molecule has 0 aliphatic heterocycles. The number of aromatic nitrogens is 3. The first-order valence-electron chi connectivity index (χ1n) is 6.47. The van der Waals surface area contributed by atoms with Gasteiger partial charge in [0.15, 0.2) is 11.6 Å². The van der Waals surface area contributed by atoms with Crippen molar-refractivity contribution < 1.29 is 0 Å². The number of nitrogens with zero attached hydrogens (tertiary/aromatic N) is 5. The van der Waals surface area contributed by atoms with Crippen LogP contribution in [0.1, 0.15) is 31.9 Å². The summed E-state index contributed by atoms with van der Waals surface area (Å²) in [6, 6.07) is 6.12. The monoisotopic (exact) mass is 269 g/mol. The van der Waals surface area contributed by atoms with Crippen LogP contribution in [-0.4, -0.2) is 28.9 Å². The number of hydrogen-bond acceptors (Lipinski definition) is 4. The van der Waals surface area contributed by atoms with Gasteiger partial charge in [0.25, 0.3) is 0 Å². The number of nitriles is 1. The van der Waals surface area contributed by atoms with E-state index < -0.39 is 0 Å². The Morgan fingerprint density at radius 1 is 1.25 bits per heavy atom. The second-order valence-electron chi connectivity index (χ2n) is 5.97. The fourth-order valence-electron chi connectivity index (χ4n) is 1.86. The predicted octanol–water partition coefficient (Wildman–Crippen LogP) is 2.50. The Morgan fingerprint density at radius 2 is 1.95 bits per heavy atom. The van der Waals surface area contributed by atoms with Crippen LogP contribution in [0.25, 0.3) is 5.82 Å². The lowest BCUT2D eigenvalue weighted by Gasteiger charge is -2.18. The third-order valence-corrected chi connectivity index (χ3v) is 3.09. The molecule has 0 unspecified atom stereocenters. The molecule has 5 heteroatoms. The largest absolute Gasteiger partial charge is 0.360 e. The standard InChI is InChI=1S/C15H19N5/c1-15(2,3)12-6-7-13(17-9-12)20-10-11(8-16)14(18-20)19(4)5/h6-7,9-10H,1-5H3. The molecule has 2 rings (SSSR count). The minimum Gasteiger partial charge on any atom is -0.360 e. The lowest BCUT2D eigenvalue weighted by molar-refractivity contribution is 0.586. The molecule has 0 saturated carbocycles. The van der Waals surface area contributed by atoms with Gasteiger partial charge in [-0.05, 0) is 17.0 Å². The van der Waals surface area contributed by atoms with E-state index in [1.165, 1.54) is 5.56 Å². The van der Waals surface area contributed by atoms with E-state index in [9.17, 15) is 0 Å². The molecule has 0 spiro atoms. The van der Waals surface area contributed by atoms with Gasteiger partial charge in [0.1, 0.15) is 11.6 Å². The highest BCUT2D eigenvalue weighted by Crippen LogP contribution is 2.22. The highest BCUT2D eigenvalue weighted by atomic mass is 15.4. The highest BCUT2D eigenvalue weighted by Gasteiger charge is 2.15. The first kappa shape index (κ1) is 14.1. The summed E-state index contributed by atoms with van der Waals surface area (Å²) in [5.41, 5.74) is 1.78. The normalized spacial score (nSPS) is 11.2. The molecule has 0 aromatic carbocycles. The molecule has 0 bridgehead atoms. The van der Waals surface area contributed by atoms with Gasteiger partial charge in [-0.1, -0.05) is 26.8 Å². The summed E-state index contributed by atoms with van der Waals surface area (Å²) < 4.78 is 1.64. The molecule has 0 fully saturated rings. The van der Waals surface area contributed by atoms with Crippen molar-refractivity contribution in [1.29, 1.82) is 5.26 Å². The quantitative estimate of drug-likeness (QED) is 0.840.